The smallest absolute Gasteiger partial charge is 0.135 e. The minimum atomic E-state index is 0.297. The molecule has 3 nitrogen and oxygen atoms in total. The van der Waals surface area contributed by atoms with Gasteiger partial charge in [0.05, 0.1) is 0 Å². The number of rotatable bonds is 9. The Hall–Kier alpha value is -0.480. The standard InChI is InChI=1S/C14H24ClN3S/c1-11(2)14-17-12(15)10-13(18-14)16-8-6-4-5-7-9-19-3/h10-11H,4-9H2,1-3H3,(H,16,17,18). The fourth-order valence-electron chi connectivity index (χ4n) is 1.73. The second-order valence-corrected chi connectivity index (χ2v) is 6.30. The van der Waals surface area contributed by atoms with Crippen LogP contribution in [0.5, 0.6) is 0 Å². The predicted octanol–water partition coefficient (Wildman–Crippen LogP) is 4.59. The average Bonchev–Trinajstić information content (AvgIpc) is 2.37. The van der Waals surface area contributed by atoms with Gasteiger partial charge in [0.15, 0.2) is 0 Å². The molecule has 19 heavy (non-hydrogen) atoms. The fourth-order valence-corrected chi connectivity index (χ4v) is 2.41. The number of thioether (sulfide) groups is 1. The number of hydrogen-bond donors (Lipinski definition) is 1. The first kappa shape index (κ1) is 16.6. The van der Waals surface area contributed by atoms with Crippen molar-refractivity contribution in [3.8, 4) is 0 Å². The van der Waals surface area contributed by atoms with E-state index in [0.717, 1.165) is 18.2 Å². The van der Waals surface area contributed by atoms with Gasteiger partial charge in [-0.1, -0.05) is 38.3 Å². The van der Waals surface area contributed by atoms with E-state index in [1.165, 1.54) is 31.4 Å². The Morgan fingerprint density at radius 1 is 1.21 bits per heavy atom. The summed E-state index contributed by atoms with van der Waals surface area (Å²) in [5, 5.41) is 3.85. The van der Waals surface area contributed by atoms with Crippen molar-refractivity contribution in [2.75, 3.05) is 23.9 Å². The number of nitrogens with zero attached hydrogens (tertiary/aromatic N) is 2. The van der Waals surface area contributed by atoms with E-state index in [2.05, 4.69) is 35.4 Å². The zero-order valence-electron chi connectivity index (χ0n) is 12.1. The highest BCUT2D eigenvalue weighted by atomic mass is 35.5. The van der Waals surface area contributed by atoms with Crippen molar-refractivity contribution in [2.45, 2.75) is 45.4 Å². The number of unbranched alkanes of at least 4 members (excludes halogenated alkanes) is 3. The highest BCUT2D eigenvalue weighted by Crippen LogP contribution is 2.17. The van der Waals surface area contributed by atoms with Crippen molar-refractivity contribution in [3.63, 3.8) is 0 Å². The number of hydrogen-bond acceptors (Lipinski definition) is 4. The van der Waals surface area contributed by atoms with Crippen LogP contribution >= 0.6 is 23.4 Å². The Balaban J connectivity index is 2.29. The van der Waals surface area contributed by atoms with Crippen LogP contribution in [0.4, 0.5) is 5.82 Å². The van der Waals surface area contributed by atoms with Crippen LogP contribution < -0.4 is 5.32 Å². The molecule has 0 aliphatic heterocycles. The summed E-state index contributed by atoms with van der Waals surface area (Å²) in [4.78, 5) is 8.69. The van der Waals surface area contributed by atoms with Crippen LogP contribution in [0.3, 0.4) is 0 Å². The normalized spacial score (nSPS) is 11.0. The third-order valence-electron chi connectivity index (χ3n) is 2.81. The van der Waals surface area contributed by atoms with E-state index in [-0.39, 0.29) is 0 Å². The van der Waals surface area contributed by atoms with Crippen LogP contribution in [0, 0.1) is 0 Å². The topological polar surface area (TPSA) is 37.8 Å². The lowest BCUT2D eigenvalue weighted by atomic mass is 10.2. The molecule has 0 saturated heterocycles. The van der Waals surface area contributed by atoms with Crippen molar-refractivity contribution in [2.24, 2.45) is 0 Å². The number of aromatic nitrogens is 2. The maximum Gasteiger partial charge on any atom is 0.135 e. The minimum absolute atomic E-state index is 0.297. The SMILES string of the molecule is CSCCCCCCNc1cc(Cl)nc(C(C)C)n1. The highest BCUT2D eigenvalue weighted by molar-refractivity contribution is 7.98. The quantitative estimate of drug-likeness (QED) is 0.535. The maximum absolute atomic E-state index is 6.00. The summed E-state index contributed by atoms with van der Waals surface area (Å²) >= 11 is 7.92. The lowest BCUT2D eigenvalue weighted by Crippen LogP contribution is -2.07. The monoisotopic (exact) mass is 301 g/mol. The van der Waals surface area contributed by atoms with Crippen LogP contribution in [0.2, 0.25) is 5.15 Å². The van der Waals surface area contributed by atoms with Gasteiger partial charge in [0, 0.05) is 18.5 Å². The summed E-state index contributed by atoms with van der Waals surface area (Å²) in [6.07, 6.45) is 7.23. The van der Waals surface area contributed by atoms with Gasteiger partial charge in [-0.25, -0.2) is 9.97 Å². The average molecular weight is 302 g/mol. The van der Waals surface area contributed by atoms with Crippen LogP contribution in [0.15, 0.2) is 6.07 Å². The lowest BCUT2D eigenvalue weighted by Gasteiger charge is -2.09. The molecule has 5 heteroatoms. The molecule has 1 rings (SSSR count). The largest absolute Gasteiger partial charge is 0.370 e. The molecule has 0 fully saturated rings. The number of nitrogens with one attached hydrogen (secondary N) is 1. The van der Waals surface area contributed by atoms with Crippen LogP contribution in [0.1, 0.15) is 51.3 Å². The Kier molecular flexibility index (Phi) is 8.22. The van der Waals surface area contributed by atoms with Crippen molar-refractivity contribution >= 4 is 29.2 Å². The molecule has 1 heterocycles. The summed E-state index contributed by atoms with van der Waals surface area (Å²) in [5.74, 6) is 3.21. The van der Waals surface area contributed by atoms with Crippen LogP contribution in [0.25, 0.3) is 0 Å². The molecule has 0 radical (unpaired) electrons. The molecule has 1 aromatic heterocycles. The van der Waals surface area contributed by atoms with E-state index in [1.54, 1.807) is 6.07 Å². The van der Waals surface area contributed by atoms with E-state index in [4.69, 9.17) is 11.6 Å². The second kappa shape index (κ2) is 9.43. The minimum Gasteiger partial charge on any atom is -0.370 e. The van der Waals surface area contributed by atoms with Crippen molar-refractivity contribution in [3.05, 3.63) is 17.0 Å². The summed E-state index contributed by atoms with van der Waals surface area (Å²) in [6.45, 7) is 5.09. The zero-order valence-corrected chi connectivity index (χ0v) is 13.7. The maximum atomic E-state index is 6.00. The Morgan fingerprint density at radius 2 is 1.95 bits per heavy atom. The first-order valence-electron chi connectivity index (χ1n) is 6.90. The van der Waals surface area contributed by atoms with Crippen molar-refractivity contribution in [1.29, 1.82) is 0 Å². The molecule has 108 valence electrons. The summed E-state index contributed by atoms with van der Waals surface area (Å²) in [5.41, 5.74) is 0. The van der Waals surface area contributed by atoms with Gasteiger partial charge >= 0.3 is 0 Å². The van der Waals surface area contributed by atoms with Gasteiger partial charge in [0.25, 0.3) is 0 Å². The Labute approximate surface area is 125 Å². The predicted molar refractivity (Wildman–Crippen MR) is 86.5 cm³/mol. The van der Waals surface area contributed by atoms with E-state index in [0.29, 0.717) is 11.1 Å². The summed E-state index contributed by atoms with van der Waals surface area (Å²) in [6, 6.07) is 1.79. The molecule has 1 aromatic rings. The molecule has 0 saturated carbocycles. The third-order valence-corrected chi connectivity index (χ3v) is 3.70. The Morgan fingerprint density at radius 3 is 2.63 bits per heavy atom. The van der Waals surface area contributed by atoms with Crippen molar-refractivity contribution < 1.29 is 0 Å². The molecule has 1 N–H and O–H groups in total. The van der Waals surface area contributed by atoms with Gasteiger partial charge in [-0.15, -0.1) is 0 Å². The van der Waals surface area contributed by atoms with Crippen LogP contribution in [-0.2, 0) is 0 Å². The second-order valence-electron chi connectivity index (χ2n) is 4.92. The molecule has 0 spiro atoms. The molecule has 0 aliphatic carbocycles. The zero-order chi connectivity index (χ0) is 14.1. The van der Waals surface area contributed by atoms with Gasteiger partial charge in [0.1, 0.15) is 16.8 Å². The lowest BCUT2D eigenvalue weighted by molar-refractivity contribution is 0.687. The molecule has 0 aromatic carbocycles. The summed E-state index contributed by atoms with van der Waals surface area (Å²) in [7, 11) is 0. The first-order chi connectivity index (χ1) is 9.13. The molecule has 0 bridgehead atoms. The molecular weight excluding hydrogens is 278 g/mol. The molecular formula is C14H24ClN3S. The van der Waals surface area contributed by atoms with E-state index < -0.39 is 0 Å². The molecule has 0 amide bonds. The highest BCUT2D eigenvalue weighted by Gasteiger charge is 2.06. The van der Waals surface area contributed by atoms with Gasteiger partial charge in [-0.3, -0.25) is 0 Å². The molecule has 0 atom stereocenters. The molecule has 0 unspecified atom stereocenters. The van der Waals surface area contributed by atoms with Gasteiger partial charge in [0.2, 0.25) is 0 Å². The van der Waals surface area contributed by atoms with E-state index >= 15 is 0 Å². The number of halogens is 1. The van der Waals surface area contributed by atoms with Gasteiger partial charge in [-0.05, 0) is 24.9 Å². The Bertz CT molecular complexity index is 372. The van der Waals surface area contributed by atoms with E-state index in [1.807, 2.05) is 11.8 Å². The molecule has 0 aliphatic rings. The van der Waals surface area contributed by atoms with E-state index in [9.17, 15) is 0 Å². The number of anilines is 1. The van der Waals surface area contributed by atoms with Gasteiger partial charge < -0.3 is 5.32 Å². The van der Waals surface area contributed by atoms with Crippen LogP contribution in [-0.4, -0.2) is 28.5 Å². The third kappa shape index (κ3) is 7.02. The fraction of sp³-hybridized carbons (Fsp3) is 0.714. The van der Waals surface area contributed by atoms with Gasteiger partial charge in [-0.2, -0.15) is 11.8 Å². The summed E-state index contributed by atoms with van der Waals surface area (Å²) < 4.78 is 0. The first-order valence-corrected chi connectivity index (χ1v) is 8.68. The van der Waals surface area contributed by atoms with Crippen molar-refractivity contribution in [1.82, 2.24) is 9.97 Å².